The number of carbonyl (C=O) groups excluding carboxylic acids is 2. The number of fused-ring (bicyclic) bond motifs is 1. The average molecular weight is 396 g/mol. The van der Waals surface area contributed by atoms with E-state index in [0.29, 0.717) is 28.5 Å². The van der Waals surface area contributed by atoms with Crippen LogP contribution in [-0.2, 0) is 4.74 Å². The second kappa shape index (κ2) is 8.71. The van der Waals surface area contributed by atoms with Gasteiger partial charge in [0, 0.05) is 4.70 Å². The van der Waals surface area contributed by atoms with E-state index < -0.39 is 0 Å². The monoisotopic (exact) mass is 396 g/mol. The summed E-state index contributed by atoms with van der Waals surface area (Å²) in [6.07, 6.45) is 3.26. The van der Waals surface area contributed by atoms with Gasteiger partial charge in [0.1, 0.15) is 0 Å². The summed E-state index contributed by atoms with van der Waals surface area (Å²) in [4.78, 5) is 25.0. The van der Waals surface area contributed by atoms with E-state index in [4.69, 9.17) is 14.2 Å². The first-order valence-corrected chi connectivity index (χ1v) is 9.52. The van der Waals surface area contributed by atoms with E-state index in [9.17, 15) is 9.59 Å². The van der Waals surface area contributed by atoms with Gasteiger partial charge in [-0.3, -0.25) is 4.79 Å². The van der Waals surface area contributed by atoms with Gasteiger partial charge in [-0.25, -0.2) is 4.79 Å². The van der Waals surface area contributed by atoms with Gasteiger partial charge in [-0.15, -0.1) is 11.3 Å². The van der Waals surface area contributed by atoms with Crippen molar-refractivity contribution in [2.24, 2.45) is 0 Å². The minimum Gasteiger partial charge on any atom is -0.493 e. The number of allylic oxidation sites excluding steroid dienone is 1. The summed E-state index contributed by atoms with van der Waals surface area (Å²) in [6, 6.07) is 12.6. The Bertz CT molecular complexity index is 1050. The molecule has 1 heterocycles. The molecule has 0 saturated carbocycles. The lowest BCUT2D eigenvalue weighted by molar-refractivity contribution is 0.0526. The fraction of sp³-hybridized carbons (Fsp3) is 0.182. The number of rotatable bonds is 7. The van der Waals surface area contributed by atoms with Crippen LogP contribution < -0.4 is 9.47 Å². The standard InChI is InChI=1S/C22H20O5S/c1-4-27-22(24)16-8-7-15-12-21(28-20(15)13-16)17(23)9-5-14-6-10-18(25-2)19(11-14)26-3/h5-13H,4H2,1-3H3/b9-5+. The van der Waals surface area contributed by atoms with Crippen molar-refractivity contribution in [3.8, 4) is 11.5 Å². The van der Waals surface area contributed by atoms with Gasteiger partial charge in [0.25, 0.3) is 0 Å². The van der Waals surface area contributed by atoms with Crippen LogP contribution in [0.5, 0.6) is 11.5 Å². The molecule has 0 saturated heterocycles. The van der Waals surface area contributed by atoms with E-state index in [2.05, 4.69) is 0 Å². The molecule has 6 heteroatoms. The van der Waals surface area contributed by atoms with Crippen LogP contribution in [-0.4, -0.2) is 32.6 Å². The van der Waals surface area contributed by atoms with Crippen molar-refractivity contribution < 1.29 is 23.8 Å². The van der Waals surface area contributed by atoms with Crippen molar-refractivity contribution in [2.45, 2.75) is 6.92 Å². The maximum absolute atomic E-state index is 12.6. The molecule has 0 amide bonds. The number of hydrogen-bond donors (Lipinski definition) is 0. The van der Waals surface area contributed by atoms with Gasteiger partial charge < -0.3 is 14.2 Å². The van der Waals surface area contributed by atoms with Crippen molar-refractivity contribution in [3.63, 3.8) is 0 Å². The molecule has 0 aliphatic carbocycles. The Morgan fingerprint density at radius 1 is 1.00 bits per heavy atom. The zero-order chi connectivity index (χ0) is 20.1. The van der Waals surface area contributed by atoms with Gasteiger partial charge in [0.2, 0.25) is 0 Å². The Hall–Kier alpha value is -3.12. The fourth-order valence-corrected chi connectivity index (χ4v) is 3.73. The predicted octanol–water partition coefficient (Wildman–Crippen LogP) is 4.99. The van der Waals surface area contributed by atoms with Gasteiger partial charge in [-0.2, -0.15) is 0 Å². The Morgan fingerprint density at radius 3 is 2.50 bits per heavy atom. The highest BCUT2D eigenvalue weighted by atomic mass is 32.1. The summed E-state index contributed by atoms with van der Waals surface area (Å²) in [6.45, 7) is 2.09. The molecule has 2 aromatic carbocycles. The van der Waals surface area contributed by atoms with E-state index in [1.165, 1.54) is 17.4 Å². The molecule has 3 aromatic rings. The molecule has 0 N–H and O–H groups in total. The number of thiophene rings is 1. The van der Waals surface area contributed by atoms with E-state index in [1.807, 2.05) is 18.2 Å². The number of benzene rings is 2. The maximum atomic E-state index is 12.6. The van der Waals surface area contributed by atoms with Crippen LogP contribution in [0.3, 0.4) is 0 Å². The zero-order valence-corrected chi connectivity index (χ0v) is 16.7. The first kappa shape index (κ1) is 19.6. The normalized spacial score (nSPS) is 11.0. The van der Waals surface area contributed by atoms with Gasteiger partial charge in [-0.05, 0) is 54.3 Å². The lowest BCUT2D eigenvalue weighted by Crippen LogP contribution is -2.03. The predicted molar refractivity (Wildman–Crippen MR) is 111 cm³/mol. The quantitative estimate of drug-likeness (QED) is 0.320. The van der Waals surface area contributed by atoms with Crippen molar-refractivity contribution in [1.82, 2.24) is 0 Å². The van der Waals surface area contributed by atoms with Crippen LogP contribution >= 0.6 is 11.3 Å². The van der Waals surface area contributed by atoms with Crippen LogP contribution in [0.2, 0.25) is 0 Å². The number of ether oxygens (including phenoxy) is 3. The molecule has 28 heavy (non-hydrogen) atoms. The minimum atomic E-state index is -0.362. The fourth-order valence-electron chi connectivity index (χ4n) is 2.70. The van der Waals surface area contributed by atoms with Crippen molar-refractivity contribution in [1.29, 1.82) is 0 Å². The molecule has 0 aliphatic rings. The SMILES string of the molecule is CCOC(=O)c1ccc2cc(C(=O)/C=C/c3ccc(OC)c(OC)c3)sc2c1. The maximum Gasteiger partial charge on any atom is 0.338 e. The van der Waals surface area contributed by atoms with Gasteiger partial charge in [0.05, 0.1) is 31.3 Å². The summed E-state index contributed by atoms with van der Waals surface area (Å²) in [5.74, 6) is 0.769. The zero-order valence-electron chi connectivity index (χ0n) is 15.9. The number of methoxy groups -OCH3 is 2. The first-order chi connectivity index (χ1) is 13.5. The van der Waals surface area contributed by atoms with Crippen LogP contribution in [0.15, 0.2) is 48.5 Å². The molecule has 0 aliphatic heterocycles. The Morgan fingerprint density at radius 2 is 1.79 bits per heavy atom. The molecular formula is C22H20O5S. The first-order valence-electron chi connectivity index (χ1n) is 8.71. The second-order valence-corrected chi connectivity index (χ2v) is 6.98. The van der Waals surface area contributed by atoms with Gasteiger partial charge >= 0.3 is 5.97 Å². The van der Waals surface area contributed by atoms with E-state index >= 15 is 0 Å². The number of ketones is 1. The van der Waals surface area contributed by atoms with Gasteiger partial charge in [0.15, 0.2) is 17.3 Å². The van der Waals surface area contributed by atoms with Gasteiger partial charge in [-0.1, -0.05) is 18.2 Å². The highest BCUT2D eigenvalue weighted by Crippen LogP contribution is 2.29. The van der Waals surface area contributed by atoms with Crippen molar-refractivity contribution >= 4 is 39.3 Å². The molecular weight excluding hydrogens is 376 g/mol. The molecule has 0 unspecified atom stereocenters. The highest BCUT2D eigenvalue weighted by Gasteiger charge is 2.12. The van der Waals surface area contributed by atoms with Crippen LogP contribution in [0.1, 0.15) is 32.5 Å². The van der Waals surface area contributed by atoms with E-state index in [-0.39, 0.29) is 11.8 Å². The third kappa shape index (κ3) is 4.23. The topological polar surface area (TPSA) is 61.8 Å². The average Bonchev–Trinajstić information content (AvgIpc) is 3.15. The van der Waals surface area contributed by atoms with Crippen molar-refractivity contribution in [2.75, 3.05) is 20.8 Å². The highest BCUT2D eigenvalue weighted by molar-refractivity contribution is 7.21. The van der Waals surface area contributed by atoms with Crippen LogP contribution in [0.4, 0.5) is 0 Å². The third-order valence-corrected chi connectivity index (χ3v) is 5.22. The molecule has 0 fully saturated rings. The lowest BCUT2D eigenvalue weighted by atomic mass is 10.1. The molecule has 3 rings (SSSR count). The summed E-state index contributed by atoms with van der Waals surface area (Å²) in [5, 5.41) is 0.918. The summed E-state index contributed by atoms with van der Waals surface area (Å²) in [7, 11) is 3.14. The van der Waals surface area contributed by atoms with Crippen LogP contribution in [0.25, 0.3) is 16.2 Å². The molecule has 0 spiro atoms. The molecule has 0 radical (unpaired) electrons. The molecule has 144 valence electrons. The Kier molecular flexibility index (Phi) is 6.11. The smallest absolute Gasteiger partial charge is 0.338 e. The molecule has 0 bridgehead atoms. The van der Waals surface area contributed by atoms with Crippen molar-refractivity contribution in [3.05, 3.63) is 64.5 Å². The largest absolute Gasteiger partial charge is 0.493 e. The number of carbonyl (C=O) groups is 2. The Labute approximate surface area is 167 Å². The molecule has 0 atom stereocenters. The summed E-state index contributed by atoms with van der Waals surface area (Å²) < 4.78 is 16.4. The second-order valence-electron chi connectivity index (χ2n) is 5.90. The Balaban J connectivity index is 1.81. The summed E-state index contributed by atoms with van der Waals surface area (Å²) in [5.41, 5.74) is 1.31. The summed E-state index contributed by atoms with van der Waals surface area (Å²) >= 11 is 1.35. The number of hydrogen-bond acceptors (Lipinski definition) is 6. The minimum absolute atomic E-state index is 0.103. The van der Waals surface area contributed by atoms with E-state index in [1.54, 1.807) is 51.5 Å². The van der Waals surface area contributed by atoms with Crippen LogP contribution in [0, 0.1) is 0 Å². The number of esters is 1. The third-order valence-electron chi connectivity index (χ3n) is 4.11. The molecule has 5 nitrogen and oxygen atoms in total. The van der Waals surface area contributed by atoms with E-state index in [0.717, 1.165) is 15.6 Å². The molecule has 1 aromatic heterocycles. The lowest BCUT2D eigenvalue weighted by Gasteiger charge is -2.07.